The van der Waals surface area contributed by atoms with E-state index in [0.717, 1.165) is 17.0 Å². The molecule has 0 aliphatic carbocycles. The number of nitrogens with zero attached hydrogens (tertiary/aromatic N) is 2. The van der Waals surface area contributed by atoms with E-state index in [0.29, 0.717) is 24.6 Å². The number of carbonyl (C=O) groups is 2. The van der Waals surface area contributed by atoms with Crippen molar-refractivity contribution in [2.45, 2.75) is 46.2 Å². The van der Waals surface area contributed by atoms with Gasteiger partial charge >= 0.3 is 6.03 Å². The summed E-state index contributed by atoms with van der Waals surface area (Å²) in [4.78, 5) is 30.7. The summed E-state index contributed by atoms with van der Waals surface area (Å²) in [6.45, 7) is 6.99. The summed E-state index contributed by atoms with van der Waals surface area (Å²) in [6.07, 6.45) is 1.28. The number of urea groups is 1. The van der Waals surface area contributed by atoms with Crippen molar-refractivity contribution in [3.8, 4) is 0 Å². The first kappa shape index (κ1) is 14.8. The molecule has 1 aliphatic rings. The molecule has 0 saturated heterocycles. The molecule has 0 fully saturated rings. The fourth-order valence-corrected chi connectivity index (χ4v) is 3.10. The Morgan fingerprint density at radius 2 is 2.20 bits per heavy atom. The molecular weight excluding hydrogens is 276 g/mol. The van der Waals surface area contributed by atoms with Gasteiger partial charge in [0, 0.05) is 30.3 Å². The largest absolute Gasteiger partial charge is 0.337 e. The van der Waals surface area contributed by atoms with Gasteiger partial charge < -0.3 is 10.2 Å². The van der Waals surface area contributed by atoms with E-state index in [2.05, 4.69) is 15.6 Å². The van der Waals surface area contributed by atoms with Crippen LogP contribution in [0, 0.1) is 0 Å². The Labute approximate surface area is 122 Å². The number of aromatic nitrogens is 1. The lowest BCUT2D eigenvalue weighted by molar-refractivity contribution is -0.131. The van der Waals surface area contributed by atoms with Gasteiger partial charge in [0.1, 0.15) is 0 Å². The number of fused-ring (bicyclic) bond motifs is 1. The summed E-state index contributed by atoms with van der Waals surface area (Å²) in [5.74, 6) is 0.163. The molecule has 1 aromatic rings. The highest BCUT2D eigenvalue weighted by molar-refractivity contribution is 7.15. The van der Waals surface area contributed by atoms with Crippen LogP contribution in [0.25, 0.3) is 0 Å². The normalized spacial score (nSPS) is 14.1. The van der Waals surface area contributed by atoms with Gasteiger partial charge in [0.15, 0.2) is 5.13 Å². The molecule has 2 rings (SSSR count). The first-order valence-corrected chi connectivity index (χ1v) is 7.65. The third-order valence-corrected chi connectivity index (χ3v) is 4.02. The number of thiazole rings is 1. The Morgan fingerprint density at radius 3 is 2.85 bits per heavy atom. The molecule has 0 spiro atoms. The maximum atomic E-state index is 11.7. The van der Waals surface area contributed by atoms with Gasteiger partial charge in [-0.1, -0.05) is 18.3 Å². The van der Waals surface area contributed by atoms with Gasteiger partial charge in [0.2, 0.25) is 5.91 Å². The molecule has 20 heavy (non-hydrogen) atoms. The second-order valence-electron chi connectivity index (χ2n) is 5.06. The molecule has 0 aromatic carbocycles. The molecule has 0 atom stereocenters. The number of nitrogens with one attached hydrogen (secondary N) is 2. The van der Waals surface area contributed by atoms with Gasteiger partial charge in [-0.05, 0) is 13.8 Å². The number of hydrogen-bond acceptors (Lipinski definition) is 4. The quantitative estimate of drug-likeness (QED) is 0.895. The van der Waals surface area contributed by atoms with Crippen LogP contribution in [-0.2, 0) is 17.8 Å². The van der Waals surface area contributed by atoms with Crippen molar-refractivity contribution < 1.29 is 9.59 Å². The number of hydrogen-bond donors (Lipinski definition) is 2. The highest BCUT2D eigenvalue weighted by Gasteiger charge is 2.23. The minimum Gasteiger partial charge on any atom is -0.337 e. The van der Waals surface area contributed by atoms with Crippen LogP contribution < -0.4 is 10.6 Å². The van der Waals surface area contributed by atoms with Crippen LogP contribution in [0.4, 0.5) is 9.93 Å². The second-order valence-corrected chi connectivity index (χ2v) is 6.14. The Kier molecular flexibility index (Phi) is 4.59. The van der Waals surface area contributed by atoms with Crippen LogP contribution in [0.3, 0.4) is 0 Å². The molecule has 2 N–H and O–H groups in total. The van der Waals surface area contributed by atoms with Gasteiger partial charge in [0.25, 0.3) is 0 Å². The van der Waals surface area contributed by atoms with Gasteiger partial charge in [-0.3, -0.25) is 10.1 Å². The topological polar surface area (TPSA) is 74.3 Å². The third kappa shape index (κ3) is 3.47. The number of rotatable bonds is 3. The smallest absolute Gasteiger partial charge is 0.321 e. The van der Waals surface area contributed by atoms with Crippen LogP contribution in [0.1, 0.15) is 37.8 Å². The van der Waals surface area contributed by atoms with Crippen LogP contribution >= 0.6 is 11.3 Å². The first-order valence-electron chi connectivity index (χ1n) is 6.83. The summed E-state index contributed by atoms with van der Waals surface area (Å²) >= 11 is 1.45. The van der Waals surface area contributed by atoms with Crippen molar-refractivity contribution in [1.29, 1.82) is 0 Å². The van der Waals surface area contributed by atoms with E-state index in [4.69, 9.17) is 0 Å². The van der Waals surface area contributed by atoms with Crippen molar-refractivity contribution in [3.63, 3.8) is 0 Å². The fourth-order valence-electron chi connectivity index (χ4n) is 2.08. The molecule has 3 amide bonds. The first-order chi connectivity index (χ1) is 9.49. The molecule has 0 unspecified atom stereocenters. The molecule has 0 bridgehead atoms. The lowest BCUT2D eigenvalue weighted by Crippen LogP contribution is -2.35. The van der Waals surface area contributed by atoms with E-state index in [1.807, 2.05) is 25.7 Å². The van der Waals surface area contributed by atoms with E-state index >= 15 is 0 Å². The summed E-state index contributed by atoms with van der Waals surface area (Å²) in [6, 6.07) is -0.158. The van der Waals surface area contributed by atoms with Crippen molar-refractivity contribution in [2.24, 2.45) is 0 Å². The van der Waals surface area contributed by atoms with Gasteiger partial charge in [0.05, 0.1) is 12.2 Å². The third-order valence-electron chi connectivity index (χ3n) is 3.03. The average molecular weight is 296 g/mol. The summed E-state index contributed by atoms with van der Waals surface area (Å²) in [7, 11) is 0. The number of amides is 3. The van der Waals surface area contributed by atoms with E-state index < -0.39 is 0 Å². The Balaban J connectivity index is 2.02. The van der Waals surface area contributed by atoms with E-state index in [9.17, 15) is 9.59 Å². The van der Waals surface area contributed by atoms with Crippen molar-refractivity contribution in [1.82, 2.24) is 15.2 Å². The molecule has 6 nitrogen and oxygen atoms in total. The highest BCUT2D eigenvalue weighted by Crippen LogP contribution is 2.28. The van der Waals surface area contributed by atoms with Gasteiger partial charge in [-0.2, -0.15) is 0 Å². The van der Waals surface area contributed by atoms with Crippen LogP contribution in [0.2, 0.25) is 0 Å². The summed E-state index contributed by atoms with van der Waals surface area (Å²) < 4.78 is 0. The highest BCUT2D eigenvalue weighted by atomic mass is 32.1. The van der Waals surface area contributed by atoms with E-state index in [1.54, 1.807) is 0 Å². The maximum absolute atomic E-state index is 11.7. The Bertz CT molecular complexity index is 512. The second kappa shape index (κ2) is 6.21. The van der Waals surface area contributed by atoms with Crippen LogP contribution in [0.15, 0.2) is 0 Å². The minimum atomic E-state index is -0.243. The molecular formula is C13H20N4O2S. The van der Waals surface area contributed by atoms with Gasteiger partial charge in [-0.25, -0.2) is 9.78 Å². The number of anilines is 1. The monoisotopic (exact) mass is 296 g/mol. The average Bonchev–Trinajstić information content (AvgIpc) is 2.77. The van der Waals surface area contributed by atoms with E-state index in [1.165, 1.54) is 11.3 Å². The Morgan fingerprint density at radius 1 is 1.45 bits per heavy atom. The zero-order valence-corrected chi connectivity index (χ0v) is 12.8. The van der Waals surface area contributed by atoms with E-state index in [-0.39, 0.29) is 18.0 Å². The lowest BCUT2D eigenvalue weighted by atomic mass is 10.1. The van der Waals surface area contributed by atoms with Crippen molar-refractivity contribution in [3.05, 3.63) is 10.6 Å². The SMILES string of the molecule is CCC(=O)N1CCc2nc(NC(=O)NC(C)C)sc2C1. The van der Waals surface area contributed by atoms with Crippen molar-refractivity contribution in [2.75, 3.05) is 11.9 Å². The standard InChI is InChI=1S/C13H20N4O2S/c1-4-11(18)17-6-5-9-10(7-17)20-13(15-9)16-12(19)14-8(2)3/h8H,4-7H2,1-3H3,(H2,14,15,16,19). The van der Waals surface area contributed by atoms with Crippen LogP contribution in [0.5, 0.6) is 0 Å². The van der Waals surface area contributed by atoms with Crippen LogP contribution in [-0.4, -0.2) is 34.4 Å². The predicted molar refractivity (Wildman–Crippen MR) is 78.8 cm³/mol. The predicted octanol–water partition coefficient (Wildman–Crippen LogP) is 1.97. The molecule has 2 heterocycles. The zero-order valence-electron chi connectivity index (χ0n) is 12.0. The minimum absolute atomic E-state index is 0.0854. The molecule has 7 heteroatoms. The molecule has 1 aromatic heterocycles. The molecule has 0 radical (unpaired) electrons. The summed E-state index contributed by atoms with van der Waals surface area (Å²) in [5, 5.41) is 6.10. The van der Waals surface area contributed by atoms with Gasteiger partial charge in [-0.15, -0.1) is 0 Å². The fraction of sp³-hybridized carbons (Fsp3) is 0.615. The number of carbonyl (C=O) groups excluding carboxylic acids is 2. The summed E-state index contributed by atoms with van der Waals surface area (Å²) in [5.41, 5.74) is 0.995. The molecule has 110 valence electrons. The lowest BCUT2D eigenvalue weighted by Gasteiger charge is -2.25. The molecule has 0 saturated carbocycles. The maximum Gasteiger partial charge on any atom is 0.321 e. The zero-order chi connectivity index (χ0) is 14.7. The molecule has 1 aliphatic heterocycles. The van der Waals surface area contributed by atoms with Crippen molar-refractivity contribution >= 4 is 28.4 Å². The Hall–Kier alpha value is -1.63.